The molecule has 0 heterocycles. The SMILES string of the molecule is CCCc1ccc(C(=O)COCC(F)(F)C(F)F)cc1. The molecule has 0 N–H and O–H groups in total. The van der Waals surface area contributed by atoms with Gasteiger partial charge in [-0.05, 0) is 12.0 Å². The van der Waals surface area contributed by atoms with Gasteiger partial charge in [-0.2, -0.15) is 8.78 Å². The monoisotopic (exact) mass is 292 g/mol. The highest BCUT2D eigenvalue weighted by Gasteiger charge is 2.41. The van der Waals surface area contributed by atoms with Crippen molar-refractivity contribution in [3.63, 3.8) is 0 Å². The summed E-state index contributed by atoms with van der Waals surface area (Å²) in [5.41, 5.74) is 1.37. The fraction of sp³-hybridized carbons (Fsp3) is 0.500. The van der Waals surface area contributed by atoms with E-state index in [9.17, 15) is 22.4 Å². The Labute approximate surface area is 114 Å². The highest BCUT2D eigenvalue weighted by molar-refractivity contribution is 5.97. The maximum Gasteiger partial charge on any atom is 0.330 e. The average Bonchev–Trinajstić information content (AvgIpc) is 2.39. The Balaban J connectivity index is 2.47. The first-order valence-corrected chi connectivity index (χ1v) is 6.22. The Kier molecular flexibility index (Phi) is 6.13. The molecule has 1 aromatic rings. The molecule has 6 heteroatoms. The van der Waals surface area contributed by atoms with Crippen molar-refractivity contribution in [1.82, 2.24) is 0 Å². The molecule has 2 nitrogen and oxygen atoms in total. The summed E-state index contributed by atoms with van der Waals surface area (Å²) >= 11 is 0. The molecular weight excluding hydrogens is 276 g/mol. The van der Waals surface area contributed by atoms with Gasteiger partial charge in [0, 0.05) is 5.56 Å². The molecule has 0 amide bonds. The summed E-state index contributed by atoms with van der Waals surface area (Å²) in [6.07, 6.45) is -1.95. The number of hydrogen-bond acceptors (Lipinski definition) is 2. The van der Waals surface area contributed by atoms with E-state index in [1.165, 1.54) is 0 Å². The van der Waals surface area contributed by atoms with E-state index in [-0.39, 0.29) is 0 Å². The molecule has 1 rings (SSSR count). The lowest BCUT2D eigenvalue weighted by Crippen LogP contribution is -2.33. The van der Waals surface area contributed by atoms with Gasteiger partial charge in [-0.3, -0.25) is 4.79 Å². The molecule has 0 saturated carbocycles. The van der Waals surface area contributed by atoms with Gasteiger partial charge in [-0.1, -0.05) is 37.6 Å². The van der Waals surface area contributed by atoms with Crippen LogP contribution in [0.3, 0.4) is 0 Å². The summed E-state index contributed by atoms with van der Waals surface area (Å²) in [4.78, 5) is 11.6. The minimum absolute atomic E-state index is 0.310. The van der Waals surface area contributed by atoms with Gasteiger partial charge < -0.3 is 4.74 Å². The van der Waals surface area contributed by atoms with Crippen LogP contribution in [-0.2, 0) is 11.2 Å². The highest BCUT2D eigenvalue weighted by atomic mass is 19.3. The van der Waals surface area contributed by atoms with Crippen LogP contribution in [0.2, 0.25) is 0 Å². The highest BCUT2D eigenvalue weighted by Crippen LogP contribution is 2.22. The fourth-order valence-corrected chi connectivity index (χ4v) is 1.57. The normalized spacial score (nSPS) is 11.9. The van der Waals surface area contributed by atoms with Crippen LogP contribution in [0.4, 0.5) is 17.6 Å². The van der Waals surface area contributed by atoms with E-state index in [4.69, 9.17) is 0 Å². The zero-order chi connectivity index (χ0) is 15.2. The number of rotatable bonds is 8. The predicted molar refractivity (Wildman–Crippen MR) is 66.5 cm³/mol. The summed E-state index contributed by atoms with van der Waals surface area (Å²) in [6.45, 7) is -0.0875. The van der Waals surface area contributed by atoms with E-state index in [1.807, 2.05) is 6.92 Å². The lowest BCUT2D eigenvalue weighted by molar-refractivity contribution is -0.163. The van der Waals surface area contributed by atoms with E-state index in [2.05, 4.69) is 4.74 Å². The minimum atomic E-state index is -4.23. The lowest BCUT2D eigenvalue weighted by atomic mass is 10.1. The number of carbonyl (C=O) groups is 1. The number of alkyl halides is 4. The van der Waals surface area contributed by atoms with Crippen molar-refractivity contribution in [2.75, 3.05) is 13.2 Å². The third-order valence-corrected chi connectivity index (χ3v) is 2.66. The van der Waals surface area contributed by atoms with Gasteiger partial charge in [0.25, 0.3) is 0 Å². The molecule has 0 fully saturated rings. The molecule has 0 unspecified atom stereocenters. The predicted octanol–water partition coefficient (Wildman–Crippen LogP) is 3.74. The van der Waals surface area contributed by atoms with Crippen LogP contribution >= 0.6 is 0 Å². The number of aryl methyl sites for hydroxylation is 1. The number of ether oxygens (including phenoxy) is 1. The third-order valence-electron chi connectivity index (χ3n) is 2.66. The second-order valence-corrected chi connectivity index (χ2v) is 4.42. The number of Topliss-reactive ketones (excluding diaryl/α,β-unsaturated/α-hetero) is 1. The van der Waals surface area contributed by atoms with E-state index in [0.717, 1.165) is 18.4 Å². The molecule has 0 aliphatic heterocycles. The Morgan fingerprint density at radius 1 is 1.25 bits per heavy atom. The molecule has 0 aliphatic carbocycles. The molecule has 0 aliphatic rings. The maximum atomic E-state index is 12.6. The van der Waals surface area contributed by atoms with Gasteiger partial charge in [-0.15, -0.1) is 0 Å². The van der Waals surface area contributed by atoms with Gasteiger partial charge in [0.15, 0.2) is 5.78 Å². The number of carbonyl (C=O) groups excluding carboxylic acids is 1. The van der Waals surface area contributed by atoms with E-state index < -0.39 is 31.3 Å². The molecule has 20 heavy (non-hydrogen) atoms. The van der Waals surface area contributed by atoms with E-state index in [1.54, 1.807) is 24.3 Å². The van der Waals surface area contributed by atoms with Crippen LogP contribution in [0, 0.1) is 0 Å². The van der Waals surface area contributed by atoms with E-state index in [0.29, 0.717) is 5.56 Å². The van der Waals surface area contributed by atoms with Crippen LogP contribution in [0.5, 0.6) is 0 Å². The van der Waals surface area contributed by atoms with Crippen molar-refractivity contribution in [3.8, 4) is 0 Å². The van der Waals surface area contributed by atoms with Gasteiger partial charge in [0.05, 0.1) is 0 Å². The van der Waals surface area contributed by atoms with Crippen LogP contribution in [0.15, 0.2) is 24.3 Å². The Bertz CT molecular complexity index is 429. The minimum Gasteiger partial charge on any atom is -0.367 e. The molecule has 0 atom stereocenters. The average molecular weight is 292 g/mol. The Morgan fingerprint density at radius 3 is 2.35 bits per heavy atom. The molecule has 1 aromatic carbocycles. The van der Waals surface area contributed by atoms with Gasteiger partial charge in [0.1, 0.15) is 13.2 Å². The summed E-state index contributed by atoms with van der Waals surface area (Å²) in [5.74, 6) is -4.75. The van der Waals surface area contributed by atoms with Gasteiger partial charge >= 0.3 is 12.3 Å². The van der Waals surface area contributed by atoms with Gasteiger partial charge in [0.2, 0.25) is 0 Å². The van der Waals surface area contributed by atoms with Crippen molar-refractivity contribution in [3.05, 3.63) is 35.4 Å². The maximum absolute atomic E-state index is 12.6. The zero-order valence-corrected chi connectivity index (χ0v) is 11.0. The smallest absolute Gasteiger partial charge is 0.330 e. The van der Waals surface area contributed by atoms with E-state index >= 15 is 0 Å². The van der Waals surface area contributed by atoms with Crippen molar-refractivity contribution in [2.24, 2.45) is 0 Å². The zero-order valence-electron chi connectivity index (χ0n) is 11.0. The molecule has 0 aromatic heterocycles. The number of halogens is 4. The molecular formula is C14H16F4O2. The van der Waals surface area contributed by atoms with Crippen LogP contribution in [-0.4, -0.2) is 31.3 Å². The Morgan fingerprint density at radius 2 is 1.85 bits per heavy atom. The summed E-state index contributed by atoms with van der Waals surface area (Å²) in [7, 11) is 0. The first-order chi connectivity index (χ1) is 9.36. The molecule has 0 bridgehead atoms. The topological polar surface area (TPSA) is 26.3 Å². The standard InChI is InChI=1S/C14H16F4O2/c1-2-3-10-4-6-11(7-5-10)12(19)8-20-9-14(17,18)13(15)16/h4-7,13H,2-3,8-9H2,1H3. The Hall–Kier alpha value is -1.43. The fourth-order valence-electron chi connectivity index (χ4n) is 1.57. The lowest BCUT2D eigenvalue weighted by Gasteiger charge is -2.14. The third kappa shape index (κ3) is 4.92. The van der Waals surface area contributed by atoms with Crippen LogP contribution in [0.1, 0.15) is 29.3 Å². The molecule has 0 radical (unpaired) electrons. The number of hydrogen-bond donors (Lipinski definition) is 0. The van der Waals surface area contributed by atoms with Gasteiger partial charge in [-0.25, -0.2) is 8.78 Å². The molecule has 0 spiro atoms. The quantitative estimate of drug-likeness (QED) is 0.539. The number of ketones is 1. The summed E-state index contributed by atoms with van der Waals surface area (Å²) < 4.78 is 53.2. The first-order valence-electron chi connectivity index (χ1n) is 6.22. The largest absolute Gasteiger partial charge is 0.367 e. The molecule has 112 valence electrons. The summed E-state index contributed by atoms with van der Waals surface area (Å²) in [6, 6.07) is 6.68. The van der Waals surface area contributed by atoms with Crippen LogP contribution < -0.4 is 0 Å². The van der Waals surface area contributed by atoms with Crippen molar-refractivity contribution in [1.29, 1.82) is 0 Å². The van der Waals surface area contributed by atoms with Crippen LogP contribution in [0.25, 0.3) is 0 Å². The molecule has 0 saturated heterocycles. The second kappa shape index (κ2) is 7.38. The second-order valence-electron chi connectivity index (χ2n) is 4.42. The van der Waals surface area contributed by atoms with Crippen molar-refractivity contribution in [2.45, 2.75) is 32.1 Å². The first kappa shape index (κ1) is 16.6. The summed E-state index contributed by atoms with van der Waals surface area (Å²) in [5, 5.41) is 0. The number of benzene rings is 1. The van der Waals surface area contributed by atoms with Crippen molar-refractivity contribution < 1.29 is 27.1 Å². The van der Waals surface area contributed by atoms with Crippen molar-refractivity contribution >= 4 is 5.78 Å².